The fourth-order valence-electron chi connectivity index (χ4n) is 2.73. The molecule has 26 heavy (non-hydrogen) atoms. The second-order valence-electron chi connectivity index (χ2n) is 7.78. The van der Waals surface area contributed by atoms with Gasteiger partial charge in [0.25, 0.3) is 0 Å². The van der Waals surface area contributed by atoms with Crippen molar-refractivity contribution < 1.29 is 19.1 Å². The number of hydrogen-bond donors (Lipinski definition) is 0. The van der Waals surface area contributed by atoms with Gasteiger partial charge in [0.05, 0.1) is 12.3 Å². The highest BCUT2D eigenvalue weighted by Gasteiger charge is 2.26. The molecule has 0 spiro atoms. The number of ether oxygens (including phenoxy) is 2. The molecular weight excluding hydrogens is 328 g/mol. The van der Waals surface area contributed by atoms with Crippen molar-refractivity contribution in [3.8, 4) is 0 Å². The number of unbranched alkanes of at least 4 members (excludes halogenated alkanes) is 4. The van der Waals surface area contributed by atoms with Gasteiger partial charge < -0.3 is 9.47 Å². The largest absolute Gasteiger partial charge is 0.461 e. The van der Waals surface area contributed by atoms with Crippen LogP contribution in [0.1, 0.15) is 78.2 Å². The van der Waals surface area contributed by atoms with Crippen molar-refractivity contribution in [2.24, 2.45) is 5.92 Å². The molecule has 0 heterocycles. The normalized spacial score (nSPS) is 12.5. The molecule has 0 saturated carbocycles. The van der Waals surface area contributed by atoms with Crippen LogP contribution >= 0.6 is 0 Å². The molecule has 1 aromatic carbocycles. The Balaban J connectivity index is 2.56. The van der Waals surface area contributed by atoms with Crippen molar-refractivity contribution in [3.63, 3.8) is 0 Å². The summed E-state index contributed by atoms with van der Waals surface area (Å²) in [6.45, 7) is 7.90. The standard InChI is InChI=1S/C22H34O4/c1-5-6-7-8-12-15-19(16-20(23)26-22(2,3)4)21(24)25-17-18-13-10-9-11-14-18/h9-11,13-14,19H,5-8,12,15-17H2,1-4H3. The molecule has 0 bridgehead atoms. The average Bonchev–Trinajstić information content (AvgIpc) is 2.57. The highest BCUT2D eigenvalue weighted by atomic mass is 16.6. The van der Waals surface area contributed by atoms with E-state index in [2.05, 4.69) is 6.92 Å². The van der Waals surface area contributed by atoms with Gasteiger partial charge in [-0.05, 0) is 32.8 Å². The first kappa shape index (κ1) is 22.2. The summed E-state index contributed by atoms with van der Waals surface area (Å²) >= 11 is 0. The summed E-state index contributed by atoms with van der Waals surface area (Å²) in [6, 6.07) is 9.58. The van der Waals surface area contributed by atoms with E-state index in [-0.39, 0.29) is 25.0 Å². The highest BCUT2D eigenvalue weighted by molar-refractivity contribution is 5.80. The summed E-state index contributed by atoms with van der Waals surface area (Å²) in [4.78, 5) is 24.7. The van der Waals surface area contributed by atoms with Gasteiger partial charge in [-0.1, -0.05) is 69.4 Å². The average molecular weight is 363 g/mol. The first-order valence-corrected chi connectivity index (χ1v) is 9.74. The van der Waals surface area contributed by atoms with E-state index in [0.717, 1.165) is 24.8 Å². The Labute approximate surface area is 158 Å². The topological polar surface area (TPSA) is 52.6 Å². The Bertz CT molecular complexity index is 531. The molecule has 0 aliphatic heterocycles. The minimum atomic E-state index is -0.545. The molecule has 0 aliphatic rings. The Kier molecular flexibility index (Phi) is 10.0. The lowest BCUT2D eigenvalue weighted by molar-refractivity contribution is -0.162. The van der Waals surface area contributed by atoms with Crippen molar-refractivity contribution in [2.45, 2.75) is 84.8 Å². The molecule has 1 rings (SSSR count). The zero-order valence-corrected chi connectivity index (χ0v) is 16.8. The van der Waals surface area contributed by atoms with E-state index in [0.29, 0.717) is 6.42 Å². The SMILES string of the molecule is CCCCCCCC(CC(=O)OC(C)(C)C)C(=O)OCc1ccccc1. The predicted octanol–water partition coefficient (Wildman–Crippen LogP) is 5.44. The van der Waals surface area contributed by atoms with E-state index in [1.54, 1.807) is 0 Å². The van der Waals surface area contributed by atoms with Crippen LogP contribution in [0.15, 0.2) is 30.3 Å². The molecule has 0 amide bonds. The molecule has 0 fully saturated rings. The van der Waals surface area contributed by atoms with E-state index >= 15 is 0 Å². The molecule has 1 unspecified atom stereocenters. The number of esters is 2. The number of carbonyl (C=O) groups excluding carboxylic acids is 2. The van der Waals surface area contributed by atoms with Crippen molar-refractivity contribution in [1.82, 2.24) is 0 Å². The van der Waals surface area contributed by atoms with Crippen LogP contribution in [0.3, 0.4) is 0 Å². The van der Waals surface area contributed by atoms with E-state index in [9.17, 15) is 9.59 Å². The quantitative estimate of drug-likeness (QED) is 0.388. The number of hydrogen-bond acceptors (Lipinski definition) is 4. The van der Waals surface area contributed by atoms with E-state index in [1.165, 1.54) is 12.8 Å². The fourth-order valence-corrected chi connectivity index (χ4v) is 2.73. The van der Waals surface area contributed by atoms with Crippen LogP contribution in [0, 0.1) is 5.92 Å². The third-order valence-electron chi connectivity index (χ3n) is 4.05. The maximum Gasteiger partial charge on any atom is 0.309 e. The lowest BCUT2D eigenvalue weighted by Gasteiger charge is -2.22. The molecule has 4 heteroatoms. The van der Waals surface area contributed by atoms with Crippen LogP contribution in [0.5, 0.6) is 0 Å². The summed E-state index contributed by atoms with van der Waals surface area (Å²) in [6.07, 6.45) is 6.29. The molecule has 0 aliphatic carbocycles. The zero-order chi connectivity index (χ0) is 19.4. The van der Waals surface area contributed by atoms with Crippen LogP contribution in [-0.2, 0) is 25.7 Å². The minimum Gasteiger partial charge on any atom is -0.461 e. The monoisotopic (exact) mass is 362 g/mol. The summed E-state index contributed by atoms with van der Waals surface area (Å²) in [5.41, 5.74) is 0.399. The molecule has 0 aromatic heterocycles. The summed E-state index contributed by atoms with van der Waals surface area (Å²) in [5, 5.41) is 0. The molecule has 1 aromatic rings. The lowest BCUT2D eigenvalue weighted by atomic mass is 9.97. The number of carbonyl (C=O) groups is 2. The second-order valence-corrected chi connectivity index (χ2v) is 7.78. The van der Waals surface area contributed by atoms with Crippen molar-refractivity contribution in [3.05, 3.63) is 35.9 Å². The third-order valence-corrected chi connectivity index (χ3v) is 4.05. The third kappa shape index (κ3) is 10.2. The van der Waals surface area contributed by atoms with Gasteiger partial charge in [-0.15, -0.1) is 0 Å². The van der Waals surface area contributed by atoms with E-state index in [1.807, 2.05) is 51.1 Å². The first-order chi connectivity index (χ1) is 12.3. The maximum atomic E-state index is 12.5. The van der Waals surface area contributed by atoms with Crippen molar-refractivity contribution in [1.29, 1.82) is 0 Å². The highest BCUT2D eigenvalue weighted by Crippen LogP contribution is 2.20. The van der Waals surface area contributed by atoms with Gasteiger partial charge in [-0.3, -0.25) is 9.59 Å². The molecule has 0 saturated heterocycles. The molecule has 0 radical (unpaired) electrons. The smallest absolute Gasteiger partial charge is 0.309 e. The second kappa shape index (κ2) is 11.7. The first-order valence-electron chi connectivity index (χ1n) is 9.74. The van der Waals surface area contributed by atoms with E-state index < -0.39 is 11.5 Å². The van der Waals surface area contributed by atoms with Crippen molar-refractivity contribution in [2.75, 3.05) is 0 Å². The molecule has 1 atom stereocenters. The summed E-state index contributed by atoms with van der Waals surface area (Å²) < 4.78 is 10.8. The number of rotatable bonds is 11. The summed E-state index contributed by atoms with van der Waals surface area (Å²) in [7, 11) is 0. The zero-order valence-electron chi connectivity index (χ0n) is 16.8. The number of benzene rings is 1. The van der Waals surface area contributed by atoms with Crippen LogP contribution in [-0.4, -0.2) is 17.5 Å². The molecule has 0 N–H and O–H groups in total. The van der Waals surface area contributed by atoms with Gasteiger partial charge in [-0.2, -0.15) is 0 Å². The van der Waals surface area contributed by atoms with E-state index in [4.69, 9.17) is 9.47 Å². The Hall–Kier alpha value is -1.84. The van der Waals surface area contributed by atoms with Crippen LogP contribution in [0.4, 0.5) is 0 Å². The lowest BCUT2D eigenvalue weighted by Crippen LogP contribution is -2.28. The van der Waals surface area contributed by atoms with Gasteiger partial charge in [0, 0.05) is 0 Å². The Morgan fingerprint density at radius 2 is 1.65 bits per heavy atom. The Morgan fingerprint density at radius 3 is 2.27 bits per heavy atom. The maximum absolute atomic E-state index is 12.5. The van der Waals surface area contributed by atoms with Crippen LogP contribution < -0.4 is 0 Å². The molecule has 146 valence electrons. The summed E-state index contributed by atoms with van der Waals surface area (Å²) in [5.74, 6) is -1.09. The molecular formula is C22H34O4. The predicted molar refractivity (Wildman–Crippen MR) is 104 cm³/mol. The Morgan fingerprint density at radius 1 is 1.00 bits per heavy atom. The van der Waals surface area contributed by atoms with Gasteiger partial charge in [0.2, 0.25) is 0 Å². The van der Waals surface area contributed by atoms with Gasteiger partial charge in [0.15, 0.2) is 0 Å². The van der Waals surface area contributed by atoms with Gasteiger partial charge >= 0.3 is 11.9 Å². The van der Waals surface area contributed by atoms with Gasteiger partial charge in [-0.25, -0.2) is 0 Å². The van der Waals surface area contributed by atoms with Gasteiger partial charge in [0.1, 0.15) is 12.2 Å². The van der Waals surface area contributed by atoms with Crippen molar-refractivity contribution >= 4 is 11.9 Å². The van der Waals surface area contributed by atoms with Crippen LogP contribution in [0.2, 0.25) is 0 Å². The minimum absolute atomic E-state index is 0.0820. The molecule has 4 nitrogen and oxygen atoms in total. The van der Waals surface area contributed by atoms with Crippen LogP contribution in [0.25, 0.3) is 0 Å². The fraction of sp³-hybridized carbons (Fsp3) is 0.636.